The van der Waals surface area contributed by atoms with E-state index in [-0.39, 0.29) is 5.78 Å². The molecule has 4 rings (SSSR count). The molecule has 45 heavy (non-hydrogen) atoms. The molecule has 2 heterocycles. The number of anilines is 2. The summed E-state index contributed by atoms with van der Waals surface area (Å²) >= 11 is 0. The number of Topliss-reactive ketones (excluding diaryl/α,β-unsaturated/α-hetero) is 1. The molecule has 248 valence electrons. The first-order chi connectivity index (χ1) is 21.8. The highest BCUT2D eigenvalue weighted by atomic mass is 16.5. The number of hydrogen-bond acceptors (Lipinski definition) is 7. The fourth-order valence-corrected chi connectivity index (χ4v) is 4.40. The van der Waals surface area contributed by atoms with Crippen molar-refractivity contribution in [3.05, 3.63) is 71.7 Å². The molecular weight excluding hydrogens is 562 g/mol. The average Bonchev–Trinajstić information content (AvgIpc) is 3.48. The average molecular weight is 620 g/mol. The summed E-state index contributed by atoms with van der Waals surface area (Å²) < 4.78 is 12.5. The molecule has 8 heteroatoms. The molecule has 2 N–H and O–H groups in total. The van der Waals surface area contributed by atoms with Crippen LogP contribution >= 0.6 is 0 Å². The predicted octanol–water partition coefficient (Wildman–Crippen LogP) is 9.21. The van der Waals surface area contributed by atoms with Gasteiger partial charge < -0.3 is 20.1 Å². The van der Waals surface area contributed by atoms with Gasteiger partial charge in [-0.3, -0.25) is 9.20 Å². The summed E-state index contributed by atoms with van der Waals surface area (Å²) in [4.78, 5) is 20.7. The minimum Gasteiger partial charge on any atom is -0.496 e. The van der Waals surface area contributed by atoms with Crippen LogP contribution in [0.4, 0.5) is 11.5 Å². The molecule has 0 atom stereocenters. The van der Waals surface area contributed by atoms with Gasteiger partial charge in [-0.1, -0.05) is 41.5 Å². The van der Waals surface area contributed by atoms with E-state index in [1.807, 2.05) is 74.8 Å². The third kappa shape index (κ3) is 13.0. The summed E-state index contributed by atoms with van der Waals surface area (Å²) in [5.74, 6) is 1.57. The molecule has 0 aliphatic rings. The Morgan fingerprint density at radius 2 is 1.53 bits per heavy atom. The molecule has 0 bridgehead atoms. The molecule has 0 fully saturated rings. The second kappa shape index (κ2) is 22.7. The molecule has 2 aromatic carbocycles. The third-order valence-corrected chi connectivity index (χ3v) is 6.54. The van der Waals surface area contributed by atoms with Gasteiger partial charge in [0.15, 0.2) is 17.2 Å². The Morgan fingerprint density at radius 3 is 2.07 bits per heavy atom. The number of carbonyl (C=O) groups is 1. The van der Waals surface area contributed by atoms with Crippen LogP contribution in [0.5, 0.6) is 5.75 Å². The molecule has 2 aromatic heterocycles. The number of ether oxygens (including phenoxy) is 2. The SMILES string of the molecule is CC.CCCNCCC.CCCOCCC.COc1ccc(-c2cnc3c(Nc4ccc(C(C)=O)c(C)c4)nccn23)cc1C. The van der Waals surface area contributed by atoms with E-state index in [1.54, 1.807) is 20.2 Å². The Bertz CT molecular complexity index is 1380. The number of aromatic nitrogens is 3. The van der Waals surface area contributed by atoms with Crippen molar-refractivity contribution in [1.82, 2.24) is 19.7 Å². The van der Waals surface area contributed by atoms with Gasteiger partial charge in [-0.05, 0) is 107 Å². The fraction of sp³-hybridized carbons (Fsp3) is 0.486. The number of nitrogens with zero attached hydrogens (tertiary/aromatic N) is 3. The number of benzene rings is 2. The van der Waals surface area contributed by atoms with E-state index in [1.165, 1.54) is 25.9 Å². The Kier molecular flexibility index (Phi) is 19.8. The van der Waals surface area contributed by atoms with E-state index in [9.17, 15) is 4.79 Å². The second-order valence-corrected chi connectivity index (χ2v) is 10.4. The smallest absolute Gasteiger partial charge is 0.180 e. The lowest BCUT2D eigenvalue weighted by Crippen LogP contribution is -2.14. The zero-order valence-corrected chi connectivity index (χ0v) is 29.4. The van der Waals surface area contributed by atoms with Gasteiger partial charge >= 0.3 is 0 Å². The summed E-state index contributed by atoms with van der Waals surface area (Å²) in [6, 6.07) is 11.7. The van der Waals surface area contributed by atoms with Crippen molar-refractivity contribution in [2.75, 3.05) is 38.7 Å². The first kappa shape index (κ1) is 39.3. The van der Waals surface area contributed by atoms with Crippen LogP contribution < -0.4 is 15.4 Å². The van der Waals surface area contributed by atoms with Crippen molar-refractivity contribution in [2.45, 2.75) is 88.0 Å². The molecule has 0 saturated heterocycles. The maximum atomic E-state index is 11.7. The van der Waals surface area contributed by atoms with Gasteiger partial charge in [0.1, 0.15) is 5.75 Å². The van der Waals surface area contributed by atoms with Crippen LogP contribution in [0.2, 0.25) is 0 Å². The van der Waals surface area contributed by atoms with Gasteiger partial charge in [0, 0.05) is 42.4 Å². The van der Waals surface area contributed by atoms with E-state index in [0.717, 1.165) is 71.1 Å². The van der Waals surface area contributed by atoms with Crippen molar-refractivity contribution in [1.29, 1.82) is 0 Å². The number of imidazole rings is 1. The molecule has 0 unspecified atom stereocenters. The lowest BCUT2D eigenvalue weighted by atomic mass is 10.0. The number of hydrogen-bond donors (Lipinski definition) is 2. The Balaban J connectivity index is 0.000000526. The van der Waals surface area contributed by atoms with Crippen molar-refractivity contribution < 1.29 is 14.3 Å². The molecule has 0 radical (unpaired) electrons. The fourth-order valence-electron chi connectivity index (χ4n) is 4.40. The summed E-state index contributed by atoms with van der Waals surface area (Å²) in [7, 11) is 1.67. The van der Waals surface area contributed by atoms with Crippen LogP contribution in [0.3, 0.4) is 0 Å². The van der Waals surface area contributed by atoms with Crippen molar-refractivity contribution in [2.24, 2.45) is 0 Å². The highest BCUT2D eigenvalue weighted by molar-refractivity contribution is 5.96. The largest absolute Gasteiger partial charge is 0.496 e. The number of nitrogens with one attached hydrogen (secondary N) is 2. The van der Waals surface area contributed by atoms with E-state index < -0.39 is 0 Å². The van der Waals surface area contributed by atoms with Crippen molar-refractivity contribution in [3.63, 3.8) is 0 Å². The number of carbonyl (C=O) groups excluding carboxylic acids is 1. The van der Waals surface area contributed by atoms with Crippen LogP contribution in [-0.4, -0.2) is 53.6 Å². The molecular formula is C37H57N5O3. The molecule has 0 saturated carbocycles. The van der Waals surface area contributed by atoms with Gasteiger partial charge in [-0.2, -0.15) is 0 Å². The van der Waals surface area contributed by atoms with E-state index in [4.69, 9.17) is 9.47 Å². The number of aryl methyl sites for hydroxylation is 2. The number of rotatable bonds is 13. The monoisotopic (exact) mass is 619 g/mol. The zero-order valence-electron chi connectivity index (χ0n) is 29.4. The Hall–Kier alpha value is -3.75. The Labute approximate surface area is 272 Å². The molecule has 0 amide bonds. The standard InChI is InChI=1S/C23H22N4O2.C6H15N.C6H14O.C2H6/c1-14-12-18(6-7-19(14)16(3)28)26-22-23-25-13-20(27(23)10-9-24-22)17-5-8-21(29-4)15(2)11-17;2*1-3-5-7-6-4-2;1-2/h5-13H,1-4H3,(H,24,26);7H,3-6H2,1-2H3;3-6H2,1-2H3;1-2H3. The van der Waals surface area contributed by atoms with E-state index in [0.29, 0.717) is 5.82 Å². The predicted molar refractivity (Wildman–Crippen MR) is 190 cm³/mol. The quantitative estimate of drug-likeness (QED) is 0.114. The number of ketones is 1. The topological polar surface area (TPSA) is 89.8 Å². The lowest BCUT2D eigenvalue weighted by Gasteiger charge is -2.10. The first-order valence-electron chi connectivity index (χ1n) is 16.4. The van der Waals surface area contributed by atoms with Crippen molar-refractivity contribution in [3.8, 4) is 17.0 Å². The number of fused-ring (bicyclic) bond motifs is 1. The third-order valence-electron chi connectivity index (χ3n) is 6.54. The molecule has 0 aliphatic carbocycles. The number of methoxy groups -OCH3 is 1. The van der Waals surface area contributed by atoms with E-state index in [2.05, 4.69) is 54.4 Å². The highest BCUT2D eigenvalue weighted by Gasteiger charge is 2.12. The van der Waals surface area contributed by atoms with Crippen LogP contribution in [0, 0.1) is 13.8 Å². The first-order valence-corrected chi connectivity index (χ1v) is 16.4. The minimum absolute atomic E-state index is 0.0574. The maximum Gasteiger partial charge on any atom is 0.180 e. The minimum atomic E-state index is 0.0574. The molecule has 0 spiro atoms. The van der Waals surface area contributed by atoms with Gasteiger partial charge in [0.25, 0.3) is 0 Å². The summed E-state index contributed by atoms with van der Waals surface area (Å²) in [6.07, 6.45) is 10.3. The molecule has 8 nitrogen and oxygen atoms in total. The highest BCUT2D eigenvalue weighted by Crippen LogP contribution is 2.29. The van der Waals surface area contributed by atoms with Crippen molar-refractivity contribution >= 4 is 22.9 Å². The van der Waals surface area contributed by atoms with Crippen LogP contribution in [0.1, 0.15) is 95.6 Å². The van der Waals surface area contributed by atoms with Gasteiger partial charge in [-0.25, -0.2) is 9.97 Å². The second-order valence-electron chi connectivity index (χ2n) is 10.4. The van der Waals surface area contributed by atoms with Crippen LogP contribution in [0.15, 0.2) is 55.0 Å². The summed E-state index contributed by atoms with van der Waals surface area (Å²) in [6.45, 7) is 22.3. The molecule has 4 aromatic rings. The van der Waals surface area contributed by atoms with Gasteiger partial charge in [-0.15, -0.1) is 0 Å². The lowest BCUT2D eigenvalue weighted by molar-refractivity contribution is 0.101. The van der Waals surface area contributed by atoms with E-state index >= 15 is 0 Å². The summed E-state index contributed by atoms with van der Waals surface area (Å²) in [5, 5.41) is 6.61. The Morgan fingerprint density at radius 1 is 0.867 bits per heavy atom. The molecule has 0 aliphatic heterocycles. The van der Waals surface area contributed by atoms with Crippen LogP contribution in [0.25, 0.3) is 16.9 Å². The van der Waals surface area contributed by atoms with Crippen LogP contribution in [-0.2, 0) is 4.74 Å². The van der Waals surface area contributed by atoms with Gasteiger partial charge in [0.2, 0.25) is 0 Å². The normalized spacial score (nSPS) is 10.1. The van der Waals surface area contributed by atoms with Gasteiger partial charge in [0.05, 0.1) is 19.0 Å². The maximum absolute atomic E-state index is 11.7. The zero-order chi connectivity index (χ0) is 33.6. The summed E-state index contributed by atoms with van der Waals surface area (Å²) in [5.41, 5.74) is 6.32.